The van der Waals surface area contributed by atoms with Crippen LogP contribution in [-0.2, 0) is 6.54 Å². The summed E-state index contributed by atoms with van der Waals surface area (Å²) in [6.07, 6.45) is 0. The molecule has 0 bridgehead atoms. The molecular weight excluding hydrogens is 285 g/mol. The summed E-state index contributed by atoms with van der Waals surface area (Å²) in [6, 6.07) is 3.47. The van der Waals surface area contributed by atoms with Crippen molar-refractivity contribution in [1.82, 2.24) is 14.5 Å². The third-order valence-corrected chi connectivity index (χ3v) is 3.99. The van der Waals surface area contributed by atoms with Crippen LogP contribution >= 0.6 is 23.8 Å². The summed E-state index contributed by atoms with van der Waals surface area (Å²) in [5.74, 6) is -0.422. The number of aromatic amines is 1. The molecule has 2 aromatic rings. The molecule has 104 valence electrons. The molecule has 1 aromatic heterocycles. The number of nitrogens with zero attached hydrogens (tertiary/aromatic N) is 2. The normalized spacial score (nSPS) is 11.9. The topological polar surface area (TPSA) is 24.0 Å². The number of likely N-dealkylation sites (N-methyl/N-ethyl adjacent to an activating group) is 1. The Morgan fingerprint density at radius 1 is 1.47 bits per heavy atom. The zero-order valence-corrected chi connectivity index (χ0v) is 12.8. The Balaban J connectivity index is 2.35. The van der Waals surface area contributed by atoms with Crippen LogP contribution in [-0.4, -0.2) is 34.1 Å². The molecule has 19 heavy (non-hydrogen) atoms. The van der Waals surface area contributed by atoms with Gasteiger partial charge >= 0.3 is 0 Å². The summed E-state index contributed by atoms with van der Waals surface area (Å²) >= 11 is 11.1. The molecule has 2 rings (SSSR count). The van der Waals surface area contributed by atoms with Crippen LogP contribution < -0.4 is 0 Å². The third-order valence-electron chi connectivity index (χ3n) is 3.37. The van der Waals surface area contributed by atoms with Crippen LogP contribution in [0, 0.1) is 10.6 Å². The van der Waals surface area contributed by atoms with Crippen molar-refractivity contribution in [3.05, 3.63) is 27.7 Å². The van der Waals surface area contributed by atoms with E-state index in [1.165, 1.54) is 6.07 Å². The summed E-state index contributed by atoms with van der Waals surface area (Å²) in [6.45, 7) is 5.83. The van der Waals surface area contributed by atoms with E-state index in [4.69, 9.17) is 23.8 Å². The van der Waals surface area contributed by atoms with E-state index in [9.17, 15) is 4.39 Å². The first-order chi connectivity index (χ1) is 8.90. The fourth-order valence-electron chi connectivity index (χ4n) is 1.89. The highest BCUT2D eigenvalue weighted by atomic mass is 35.5. The van der Waals surface area contributed by atoms with Crippen molar-refractivity contribution >= 4 is 34.9 Å². The number of benzene rings is 1. The first-order valence-electron chi connectivity index (χ1n) is 6.18. The lowest BCUT2D eigenvalue weighted by molar-refractivity contribution is 0.263. The van der Waals surface area contributed by atoms with E-state index in [1.807, 2.05) is 4.57 Å². The molecule has 0 spiro atoms. The van der Waals surface area contributed by atoms with Gasteiger partial charge in [-0.3, -0.25) is 0 Å². The van der Waals surface area contributed by atoms with Crippen molar-refractivity contribution in [3.63, 3.8) is 0 Å². The zero-order chi connectivity index (χ0) is 14.2. The molecule has 0 fully saturated rings. The number of H-pyrrole nitrogens is 1. The number of aromatic nitrogens is 2. The molecule has 6 heteroatoms. The lowest BCUT2D eigenvalue weighted by atomic mass is 10.3. The molecule has 0 aliphatic carbocycles. The monoisotopic (exact) mass is 301 g/mol. The molecule has 0 atom stereocenters. The number of halogens is 2. The molecular formula is C13H17ClFN3S. The average molecular weight is 302 g/mol. The van der Waals surface area contributed by atoms with Crippen LogP contribution in [0.25, 0.3) is 11.0 Å². The van der Waals surface area contributed by atoms with E-state index < -0.39 is 5.82 Å². The highest BCUT2D eigenvalue weighted by molar-refractivity contribution is 7.71. The number of hydrogen-bond donors (Lipinski definition) is 1. The van der Waals surface area contributed by atoms with Crippen molar-refractivity contribution < 1.29 is 4.39 Å². The minimum atomic E-state index is -0.422. The van der Waals surface area contributed by atoms with Crippen molar-refractivity contribution in [2.24, 2.45) is 0 Å². The van der Waals surface area contributed by atoms with Gasteiger partial charge in [-0.25, -0.2) is 4.39 Å². The maximum atomic E-state index is 13.6. The van der Waals surface area contributed by atoms with E-state index in [1.54, 1.807) is 6.07 Å². The minimum absolute atomic E-state index is 0.107. The van der Waals surface area contributed by atoms with Gasteiger partial charge in [0.2, 0.25) is 0 Å². The van der Waals surface area contributed by atoms with Crippen LogP contribution in [0.4, 0.5) is 4.39 Å². The summed E-state index contributed by atoms with van der Waals surface area (Å²) in [7, 11) is 2.06. The minimum Gasteiger partial charge on any atom is -0.331 e. The second-order valence-corrected chi connectivity index (χ2v) is 5.73. The number of fused-ring (bicyclic) bond motifs is 1. The predicted octanol–water partition coefficient (Wildman–Crippen LogP) is 3.83. The van der Waals surface area contributed by atoms with Gasteiger partial charge in [-0.05, 0) is 39.2 Å². The molecule has 1 heterocycles. The largest absolute Gasteiger partial charge is 0.331 e. The highest BCUT2D eigenvalue weighted by Crippen LogP contribution is 2.22. The smallest absolute Gasteiger partial charge is 0.178 e. The number of nitrogens with one attached hydrogen (secondary N) is 1. The number of imidazole rings is 1. The number of hydrogen-bond acceptors (Lipinski definition) is 2. The molecule has 0 aliphatic heterocycles. The molecule has 3 nitrogen and oxygen atoms in total. The quantitative estimate of drug-likeness (QED) is 0.868. The second-order valence-electron chi connectivity index (χ2n) is 4.94. The van der Waals surface area contributed by atoms with Crippen molar-refractivity contribution in [2.45, 2.75) is 26.4 Å². The SMILES string of the molecule is CC(C)N(C)CCn1c(=S)[nH]c2cc(Cl)c(F)cc21. The third kappa shape index (κ3) is 2.99. The lowest BCUT2D eigenvalue weighted by Crippen LogP contribution is -2.29. The molecule has 0 saturated heterocycles. The van der Waals surface area contributed by atoms with Gasteiger partial charge in [0.1, 0.15) is 5.82 Å². The summed E-state index contributed by atoms with van der Waals surface area (Å²) in [4.78, 5) is 5.27. The summed E-state index contributed by atoms with van der Waals surface area (Å²) in [5.41, 5.74) is 1.52. The Morgan fingerprint density at radius 3 is 2.79 bits per heavy atom. The predicted molar refractivity (Wildman–Crippen MR) is 79.9 cm³/mol. The van der Waals surface area contributed by atoms with E-state index >= 15 is 0 Å². The van der Waals surface area contributed by atoms with Crippen LogP contribution in [0.15, 0.2) is 12.1 Å². The Morgan fingerprint density at radius 2 is 2.16 bits per heavy atom. The summed E-state index contributed by atoms with van der Waals surface area (Å²) in [5, 5.41) is 0.107. The van der Waals surface area contributed by atoms with Gasteiger partial charge in [0, 0.05) is 25.2 Å². The van der Waals surface area contributed by atoms with Gasteiger partial charge in [0.25, 0.3) is 0 Å². The van der Waals surface area contributed by atoms with Gasteiger partial charge in [0.15, 0.2) is 4.77 Å². The molecule has 0 radical (unpaired) electrons. The second kappa shape index (κ2) is 5.61. The van der Waals surface area contributed by atoms with E-state index in [0.29, 0.717) is 17.4 Å². The number of rotatable bonds is 4. The fraction of sp³-hybridized carbons (Fsp3) is 0.462. The van der Waals surface area contributed by atoms with Crippen LogP contribution in [0.3, 0.4) is 0 Å². The fourth-order valence-corrected chi connectivity index (χ4v) is 2.35. The van der Waals surface area contributed by atoms with Crippen LogP contribution in [0.5, 0.6) is 0 Å². The van der Waals surface area contributed by atoms with E-state index in [0.717, 1.165) is 17.6 Å². The Hall–Kier alpha value is -0.910. The Bertz CT molecular complexity index is 647. The molecule has 1 N–H and O–H groups in total. The molecule has 0 amide bonds. The zero-order valence-electron chi connectivity index (χ0n) is 11.2. The van der Waals surface area contributed by atoms with Crippen molar-refractivity contribution in [3.8, 4) is 0 Å². The lowest BCUT2D eigenvalue weighted by Gasteiger charge is -2.21. The molecule has 0 aliphatic rings. The Labute approximate surface area is 122 Å². The standard InChI is InChI=1S/C13H17ClFN3S/c1-8(2)17(3)4-5-18-12-7-10(15)9(14)6-11(12)16-13(18)19/h6-8H,4-5H2,1-3H3,(H,16,19). The Kier molecular flexibility index (Phi) is 4.28. The molecule has 0 unspecified atom stereocenters. The van der Waals surface area contributed by atoms with Crippen molar-refractivity contribution in [2.75, 3.05) is 13.6 Å². The maximum absolute atomic E-state index is 13.6. The summed E-state index contributed by atoms with van der Waals surface area (Å²) < 4.78 is 16.1. The van der Waals surface area contributed by atoms with Crippen LogP contribution in [0.1, 0.15) is 13.8 Å². The van der Waals surface area contributed by atoms with E-state index in [2.05, 4.69) is 30.8 Å². The van der Waals surface area contributed by atoms with Crippen LogP contribution in [0.2, 0.25) is 5.02 Å². The molecule has 0 saturated carbocycles. The van der Waals surface area contributed by atoms with Gasteiger partial charge in [-0.1, -0.05) is 11.6 Å². The van der Waals surface area contributed by atoms with Gasteiger partial charge in [-0.2, -0.15) is 0 Å². The maximum Gasteiger partial charge on any atom is 0.178 e. The van der Waals surface area contributed by atoms with Gasteiger partial charge < -0.3 is 14.5 Å². The first-order valence-corrected chi connectivity index (χ1v) is 6.96. The highest BCUT2D eigenvalue weighted by Gasteiger charge is 2.10. The first kappa shape index (κ1) is 14.5. The molecule has 1 aromatic carbocycles. The van der Waals surface area contributed by atoms with Gasteiger partial charge in [-0.15, -0.1) is 0 Å². The van der Waals surface area contributed by atoms with Gasteiger partial charge in [0.05, 0.1) is 16.1 Å². The van der Waals surface area contributed by atoms with Crippen molar-refractivity contribution in [1.29, 1.82) is 0 Å². The van der Waals surface area contributed by atoms with E-state index in [-0.39, 0.29) is 5.02 Å². The average Bonchev–Trinajstić information content (AvgIpc) is 2.62.